The van der Waals surface area contributed by atoms with Crippen molar-refractivity contribution in [3.05, 3.63) is 11.4 Å². The van der Waals surface area contributed by atoms with Crippen LogP contribution in [-0.4, -0.2) is 15.0 Å². The second-order valence-corrected chi connectivity index (χ2v) is 4.69. The Bertz CT molecular complexity index is 373. The molecule has 1 heterocycles. The monoisotopic (exact) mass is 234 g/mol. The van der Waals surface area contributed by atoms with E-state index in [1.807, 2.05) is 4.68 Å². The lowest BCUT2D eigenvalue weighted by Crippen LogP contribution is -2.08. The topological polar surface area (TPSA) is 54.5 Å². The highest BCUT2D eigenvalue weighted by molar-refractivity contribution is 5.17. The van der Waals surface area contributed by atoms with Crippen molar-refractivity contribution < 1.29 is 0 Å². The van der Waals surface area contributed by atoms with Crippen LogP contribution < -0.4 is 0 Å². The molecule has 0 aliphatic rings. The number of aromatic nitrogens is 3. The highest BCUT2D eigenvalue weighted by Gasteiger charge is 2.15. The molecular weight excluding hydrogens is 212 g/mol. The molecule has 0 saturated heterocycles. The Kier molecular flexibility index (Phi) is 5.68. The summed E-state index contributed by atoms with van der Waals surface area (Å²) < 4.78 is 1.98. The van der Waals surface area contributed by atoms with Gasteiger partial charge in [-0.05, 0) is 12.3 Å². The Morgan fingerprint density at radius 2 is 2.06 bits per heavy atom. The van der Waals surface area contributed by atoms with Crippen LogP contribution in [0, 0.1) is 11.3 Å². The zero-order valence-corrected chi connectivity index (χ0v) is 11.1. The summed E-state index contributed by atoms with van der Waals surface area (Å²) >= 11 is 0. The second-order valence-electron chi connectivity index (χ2n) is 4.69. The van der Waals surface area contributed by atoms with E-state index in [0.717, 1.165) is 24.4 Å². The molecule has 1 aromatic heterocycles. The van der Waals surface area contributed by atoms with Crippen molar-refractivity contribution in [1.82, 2.24) is 15.0 Å². The van der Waals surface area contributed by atoms with Crippen LogP contribution in [0.4, 0.5) is 0 Å². The van der Waals surface area contributed by atoms with Crippen molar-refractivity contribution in [3.63, 3.8) is 0 Å². The number of hydrogen-bond donors (Lipinski definition) is 0. The van der Waals surface area contributed by atoms with Crippen LogP contribution in [0.1, 0.15) is 63.8 Å². The van der Waals surface area contributed by atoms with E-state index in [1.165, 1.54) is 19.3 Å². The van der Waals surface area contributed by atoms with Gasteiger partial charge in [0, 0.05) is 6.54 Å². The lowest BCUT2D eigenvalue weighted by Gasteiger charge is -2.10. The fourth-order valence-electron chi connectivity index (χ4n) is 2.04. The quantitative estimate of drug-likeness (QED) is 0.681. The standard InChI is InChI=1S/C13H22N4/c1-4-5-6-7-10-17-13(11(2)3)12(8-9-14)15-16-17/h11H,4-8,10H2,1-3H3. The number of rotatable bonds is 7. The first-order valence-corrected chi connectivity index (χ1v) is 6.49. The van der Waals surface area contributed by atoms with E-state index in [9.17, 15) is 0 Å². The predicted molar refractivity (Wildman–Crippen MR) is 67.6 cm³/mol. The van der Waals surface area contributed by atoms with Gasteiger partial charge in [-0.3, -0.25) is 0 Å². The zero-order chi connectivity index (χ0) is 12.7. The van der Waals surface area contributed by atoms with Gasteiger partial charge in [0.2, 0.25) is 0 Å². The van der Waals surface area contributed by atoms with E-state index >= 15 is 0 Å². The number of nitriles is 1. The van der Waals surface area contributed by atoms with Crippen molar-refractivity contribution in [3.8, 4) is 6.07 Å². The van der Waals surface area contributed by atoms with Gasteiger partial charge in [-0.15, -0.1) is 5.10 Å². The summed E-state index contributed by atoms with van der Waals surface area (Å²) in [5, 5.41) is 17.0. The maximum absolute atomic E-state index is 8.75. The third kappa shape index (κ3) is 3.85. The van der Waals surface area contributed by atoms with E-state index in [0.29, 0.717) is 12.3 Å². The summed E-state index contributed by atoms with van der Waals surface area (Å²) in [5.74, 6) is 0.375. The lowest BCUT2D eigenvalue weighted by molar-refractivity contribution is 0.503. The zero-order valence-electron chi connectivity index (χ0n) is 11.1. The molecule has 0 aliphatic heterocycles. The molecular formula is C13H22N4. The van der Waals surface area contributed by atoms with Crippen LogP contribution >= 0.6 is 0 Å². The molecule has 0 amide bonds. The number of aryl methyl sites for hydroxylation is 1. The van der Waals surface area contributed by atoms with Gasteiger partial charge in [0.05, 0.1) is 18.2 Å². The van der Waals surface area contributed by atoms with Crippen LogP contribution in [0.25, 0.3) is 0 Å². The maximum Gasteiger partial charge on any atom is 0.100 e. The molecule has 4 heteroatoms. The van der Waals surface area contributed by atoms with E-state index in [-0.39, 0.29) is 0 Å². The third-order valence-electron chi connectivity index (χ3n) is 2.86. The molecule has 94 valence electrons. The van der Waals surface area contributed by atoms with Gasteiger partial charge in [-0.2, -0.15) is 5.26 Å². The Morgan fingerprint density at radius 1 is 1.29 bits per heavy atom. The first-order valence-electron chi connectivity index (χ1n) is 6.49. The van der Waals surface area contributed by atoms with Crippen LogP contribution in [0.15, 0.2) is 0 Å². The Morgan fingerprint density at radius 3 is 2.65 bits per heavy atom. The summed E-state index contributed by atoms with van der Waals surface area (Å²) in [6, 6.07) is 2.15. The van der Waals surface area contributed by atoms with Crippen molar-refractivity contribution in [2.75, 3.05) is 0 Å². The summed E-state index contributed by atoms with van der Waals surface area (Å²) in [4.78, 5) is 0. The first-order chi connectivity index (χ1) is 8.20. The molecule has 1 aromatic rings. The Hall–Kier alpha value is -1.37. The summed E-state index contributed by atoms with van der Waals surface area (Å²) in [6.45, 7) is 7.39. The maximum atomic E-state index is 8.75. The van der Waals surface area contributed by atoms with Gasteiger partial charge in [-0.25, -0.2) is 4.68 Å². The average molecular weight is 234 g/mol. The van der Waals surface area contributed by atoms with Crippen LogP contribution in [-0.2, 0) is 13.0 Å². The molecule has 0 bridgehead atoms. The molecule has 0 atom stereocenters. The fourth-order valence-corrected chi connectivity index (χ4v) is 2.04. The minimum absolute atomic E-state index is 0.364. The third-order valence-corrected chi connectivity index (χ3v) is 2.86. The van der Waals surface area contributed by atoms with E-state index in [2.05, 4.69) is 37.2 Å². The molecule has 0 unspecified atom stereocenters. The van der Waals surface area contributed by atoms with Crippen LogP contribution in [0.3, 0.4) is 0 Å². The van der Waals surface area contributed by atoms with E-state index in [4.69, 9.17) is 5.26 Å². The number of hydrogen-bond acceptors (Lipinski definition) is 3. The van der Waals surface area contributed by atoms with Crippen molar-refractivity contribution in [2.45, 2.75) is 65.3 Å². The van der Waals surface area contributed by atoms with E-state index in [1.54, 1.807) is 0 Å². The molecule has 0 spiro atoms. The highest BCUT2D eigenvalue weighted by atomic mass is 15.4. The van der Waals surface area contributed by atoms with Gasteiger partial charge in [0.25, 0.3) is 0 Å². The van der Waals surface area contributed by atoms with Gasteiger partial charge in [0.15, 0.2) is 0 Å². The van der Waals surface area contributed by atoms with Crippen molar-refractivity contribution in [1.29, 1.82) is 5.26 Å². The fraction of sp³-hybridized carbons (Fsp3) is 0.769. The summed E-state index contributed by atoms with van der Waals surface area (Å²) in [6.07, 6.45) is 5.26. The minimum Gasteiger partial charge on any atom is -0.249 e. The van der Waals surface area contributed by atoms with Gasteiger partial charge in [0.1, 0.15) is 5.69 Å². The van der Waals surface area contributed by atoms with Crippen molar-refractivity contribution in [2.24, 2.45) is 0 Å². The van der Waals surface area contributed by atoms with Crippen LogP contribution in [0.5, 0.6) is 0 Å². The van der Waals surface area contributed by atoms with Gasteiger partial charge < -0.3 is 0 Å². The molecule has 4 nitrogen and oxygen atoms in total. The molecule has 0 fully saturated rings. The second kappa shape index (κ2) is 7.05. The Balaban J connectivity index is 2.68. The van der Waals surface area contributed by atoms with Gasteiger partial charge in [-0.1, -0.05) is 45.2 Å². The largest absolute Gasteiger partial charge is 0.249 e. The molecule has 17 heavy (non-hydrogen) atoms. The summed E-state index contributed by atoms with van der Waals surface area (Å²) in [5.41, 5.74) is 1.97. The molecule has 1 rings (SSSR count). The summed E-state index contributed by atoms with van der Waals surface area (Å²) in [7, 11) is 0. The number of unbranched alkanes of at least 4 members (excludes halogenated alkanes) is 3. The molecule has 0 radical (unpaired) electrons. The predicted octanol–water partition coefficient (Wildman–Crippen LogP) is 3.05. The highest BCUT2D eigenvalue weighted by Crippen LogP contribution is 2.18. The normalized spacial score (nSPS) is 10.8. The van der Waals surface area contributed by atoms with Gasteiger partial charge >= 0.3 is 0 Å². The lowest BCUT2D eigenvalue weighted by atomic mass is 10.1. The molecule has 0 N–H and O–H groups in total. The molecule has 0 aliphatic carbocycles. The Labute approximate surface area is 104 Å². The van der Waals surface area contributed by atoms with Crippen molar-refractivity contribution >= 4 is 0 Å². The minimum atomic E-state index is 0.364. The van der Waals surface area contributed by atoms with E-state index < -0.39 is 0 Å². The first kappa shape index (κ1) is 13.7. The average Bonchev–Trinajstić information content (AvgIpc) is 2.68. The van der Waals surface area contributed by atoms with Crippen LogP contribution in [0.2, 0.25) is 0 Å². The number of nitrogens with zero attached hydrogens (tertiary/aromatic N) is 4. The molecule has 0 aromatic carbocycles. The smallest absolute Gasteiger partial charge is 0.100 e. The molecule has 0 saturated carbocycles. The SMILES string of the molecule is CCCCCCn1nnc(CC#N)c1C(C)C.